The van der Waals surface area contributed by atoms with E-state index in [1.165, 1.54) is 24.8 Å². The van der Waals surface area contributed by atoms with Crippen molar-refractivity contribution in [3.63, 3.8) is 0 Å². The van der Waals surface area contributed by atoms with Crippen LogP contribution in [0.25, 0.3) is 10.8 Å². The van der Waals surface area contributed by atoms with Crippen molar-refractivity contribution in [3.05, 3.63) is 118 Å². The van der Waals surface area contributed by atoms with Gasteiger partial charge in [0.15, 0.2) is 0 Å². The van der Waals surface area contributed by atoms with Crippen molar-refractivity contribution in [1.29, 1.82) is 0 Å². The van der Waals surface area contributed by atoms with E-state index in [0.717, 1.165) is 40.5 Å². The molecule has 4 aromatic rings. The highest BCUT2D eigenvalue weighted by molar-refractivity contribution is 6.30. The fourth-order valence-electron chi connectivity index (χ4n) is 4.02. The van der Waals surface area contributed by atoms with Crippen LogP contribution in [0.5, 0.6) is 0 Å². The molecule has 2 heteroatoms. The van der Waals surface area contributed by atoms with Crippen LogP contribution >= 0.6 is 11.6 Å². The number of aryl methyl sites for hydroxylation is 3. The minimum Gasteiger partial charge on any atom is -0.206 e. The summed E-state index contributed by atoms with van der Waals surface area (Å²) < 4.78 is 15.1. The summed E-state index contributed by atoms with van der Waals surface area (Å²) in [6, 6.07) is 25.8. The normalized spacial score (nSPS) is 10.8. The van der Waals surface area contributed by atoms with Crippen molar-refractivity contribution in [2.75, 3.05) is 0 Å². The minimum atomic E-state index is -0.139. The monoisotopic (exact) mass is 454 g/mol. The first-order valence-electron chi connectivity index (χ1n) is 11.7. The molecule has 0 aliphatic heterocycles. The molecule has 0 amide bonds. The van der Waals surface area contributed by atoms with E-state index >= 15 is 4.39 Å². The van der Waals surface area contributed by atoms with Gasteiger partial charge in [0, 0.05) is 21.5 Å². The average Bonchev–Trinajstić information content (AvgIpc) is 2.84. The maximum atomic E-state index is 15.1. The summed E-state index contributed by atoms with van der Waals surface area (Å²) in [6.07, 6.45) is 6.30. The molecule has 0 aliphatic rings. The maximum absolute atomic E-state index is 15.1. The van der Waals surface area contributed by atoms with Gasteiger partial charge in [0.2, 0.25) is 0 Å². The second-order valence-electron chi connectivity index (χ2n) is 8.51. The molecule has 0 atom stereocenters. The van der Waals surface area contributed by atoms with Gasteiger partial charge in [-0.05, 0) is 84.2 Å². The van der Waals surface area contributed by atoms with Gasteiger partial charge in [-0.3, -0.25) is 0 Å². The van der Waals surface area contributed by atoms with E-state index in [0.29, 0.717) is 16.8 Å². The van der Waals surface area contributed by atoms with Crippen LogP contribution in [0.1, 0.15) is 54.0 Å². The lowest BCUT2D eigenvalue weighted by atomic mass is 9.99. The first-order chi connectivity index (χ1) is 16.1. The molecule has 4 aromatic carbocycles. The molecule has 0 saturated carbocycles. The van der Waals surface area contributed by atoms with Gasteiger partial charge in [-0.1, -0.05) is 85.7 Å². The van der Waals surface area contributed by atoms with Crippen LogP contribution in [-0.2, 0) is 19.3 Å². The number of benzene rings is 4. The topological polar surface area (TPSA) is 0 Å². The molecule has 166 valence electrons. The second kappa shape index (κ2) is 11.2. The number of fused-ring (bicyclic) bond motifs is 1. The molecule has 0 spiro atoms. The lowest BCUT2D eigenvalue weighted by molar-refractivity contribution is 0.620. The van der Waals surface area contributed by atoms with Crippen LogP contribution < -0.4 is 0 Å². The van der Waals surface area contributed by atoms with Gasteiger partial charge in [0.1, 0.15) is 5.82 Å². The lowest BCUT2D eigenvalue weighted by Gasteiger charge is -2.08. The zero-order valence-corrected chi connectivity index (χ0v) is 19.8. The Balaban J connectivity index is 1.45. The van der Waals surface area contributed by atoms with Gasteiger partial charge < -0.3 is 0 Å². The minimum absolute atomic E-state index is 0.139. The van der Waals surface area contributed by atoms with E-state index < -0.39 is 0 Å². The van der Waals surface area contributed by atoms with E-state index in [9.17, 15) is 0 Å². The summed E-state index contributed by atoms with van der Waals surface area (Å²) >= 11 is 5.95. The average molecular weight is 455 g/mol. The Morgan fingerprint density at radius 3 is 2.12 bits per heavy atom. The summed E-state index contributed by atoms with van der Waals surface area (Å²) in [5.74, 6) is 6.32. The van der Waals surface area contributed by atoms with Crippen molar-refractivity contribution in [3.8, 4) is 11.8 Å². The number of halogens is 2. The first-order valence-corrected chi connectivity index (χ1v) is 12.1. The van der Waals surface area contributed by atoms with E-state index in [4.69, 9.17) is 11.6 Å². The lowest BCUT2D eigenvalue weighted by Crippen LogP contribution is -1.96. The summed E-state index contributed by atoms with van der Waals surface area (Å²) in [4.78, 5) is 0. The van der Waals surface area contributed by atoms with Crippen LogP contribution in [0.15, 0.2) is 78.9 Å². The van der Waals surface area contributed by atoms with Crippen LogP contribution in [0, 0.1) is 17.7 Å². The largest absolute Gasteiger partial charge is 0.206 e. The van der Waals surface area contributed by atoms with Crippen molar-refractivity contribution in [1.82, 2.24) is 0 Å². The highest BCUT2D eigenvalue weighted by Gasteiger charge is 2.08. The third kappa shape index (κ3) is 6.25. The van der Waals surface area contributed by atoms with Crippen LogP contribution in [0.4, 0.5) is 4.39 Å². The zero-order chi connectivity index (χ0) is 23.0. The summed E-state index contributed by atoms with van der Waals surface area (Å²) in [5.41, 5.74) is 5.14. The third-order valence-electron chi connectivity index (χ3n) is 6.00. The Bertz CT molecular complexity index is 1280. The molecule has 0 aromatic heterocycles. The summed E-state index contributed by atoms with van der Waals surface area (Å²) in [5, 5.41) is 2.24. The van der Waals surface area contributed by atoms with Crippen LogP contribution in [-0.4, -0.2) is 0 Å². The Labute approximate surface area is 201 Å². The van der Waals surface area contributed by atoms with Gasteiger partial charge in [-0.25, -0.2) is 4.39 Å². The Morgan fingerprint density at radius 2 is 1.36 bits per heavy atom. The fraction of sp³-hybridized carbons (Fsp3) is 0.226. The van der Waals surface area contributed by atoms with Crippen molar-refractivity contribution >= 4 is 22.4 Å². The van der Waals surface area contributed by atoms with Gasteiger partial charge in [-0.15, -0.1) is 0 Å². The second-order valence-corrected chi connectivity index (χ2v) is 8.94. The molecule has 0 aliphatic carbocycles. The van der Waals surface area contributed by atoms with E-state index in [-0.39, 0.29) is 5.82 Å². The molecule has 0 radical (unpaired) electrons. The predicted molar refractivity (Wildman–Crippen MR) is 138 cm³/mol. The van der Waals surface area contributed by atoms with Crippen molar-refractivity contribution in [2.45, 2.75) is 45.4 Å². The number of unbranched alkanes of at least 4 members (excludes halogenated alkanes) is 2. The number of hydrogen-bond acceptors (Lipinski definition) is 0. The molecule has 33 heavy (non-hydrogen) atoms. The predicted octanol–water partition coefficient (Wildman–Crippen LogP) is 8.55. The molecular weight excluding hydrogens is 427 g/mol. The van der Waals surface area contributed by atoms with Crippen LogP contribution in [0.3, 0.4) is 0 Å². The van der Waals surface area contributed by atoms with Gasteiger partial charge in [0.05, 0.1) is 0 Å². The molecule has 0 saturated heterocycles. The third-order valence-corrected chi connectivity index (χ3v) is 6.26. The maximum Gasteiger partial charge on any atom is 0.134 e. The summed E-state index contributed by atoms with van der Waals surface area (Å²) in [6.45, 7) is 2.22. The van der Waals surface area contributed by atoms with Gasteiger partial charge in [0.25, 0.3) is 0 Å². The molecule has 0 heterocycles. The standard InChI is InChI=1S/C31H28ClF/c1-2-3-4-5-23-6-8-24(9-7-23)10-11-26-15-21-30-28(22-26)18-17-27(31(30)33)16-12-25-13-19-29(32)20-14-25/h6-9,13-15,17-22H,2-5,12,16H2,1H3. The molecule has 4 rings (SSSR count). The number of hydrogen-bond donors (Lipinski definition) is 0. The van der Waals surface area contributed by atoms with E-state index in [1.807, 2.05) is 54.6 Å². The Kier molecular flexibility index (Phi) is 7.82. The fourth-order valence-corrected chi connectivity index (χ4v) is 4.14. The molecule has 0 fully saturated rings. The molecule has 0 bridgehead atoms. The van der Waals surface area contributed by atoms with E-state index in [1.54, 1.807) is 0 Å². The van der Waals surface area contributed by atoms with Gasteiger partial charge >= 0.3 is 0 Å². The SMILES string of the molecule is CCCCCc1ccc(C#Cc2ccc3c(F)c(CCc4ccc(Cl)cc4)ccc3c2)cc1. The molecule has 0 unspecified atom stereocenters. The zero-order valence-electron chi connectivity index (χ0n) is 19.0. The van der Waals surface area contributed by atoms with Crippen molar-refractivity contribution < 1.29 is 4.39 Å². The Hall–Kier alpha value is -3.08. The van der Waals surface area contributed by atoms with E-state index in [2.05, 4.69) is 43.0 Å². The summed E-state index contributed by atoms with van der Waals surface area (Å²) in [7, 11) is 0. The highest BCUT2D eigenvalue weighted by atomic mass is 35.5. The quantitative estimate of drug-likeness (QED) is 0.194. The van der Waals surface area contributed by atoms with Crippen molar-refractivity contribution in [2.24, 2.45) is 0 Å². The Morgan fingerprint density at radius 1 is 0.697 bits per heavy atom. The van der Waals surface area contributed by atoms with Crippen LogP contribution in [0.2, 0.25) is 5.02 Å². The van der Waals surface area contributed by atoms with Gasteiger partial charge in [-0.2, -0.15) is 0 Å². The molecular formula is C31H28ClF. The molecule has 0 N–H and O–H groups in total. The highest BCUT2D eigenvalue weighted by Crippen LogP contribution is 2.24. The number of rotatable bonds is 7. The molecule has 0 nitrogen and oxygen atoms in total. The first kappa shape index (κ1) is 23.1. The smallest absolute Gasteiger partial charge is 0.134 e.